The average molecular weight is 208 g/mol. The van der Waals surface area contributed by atoms with E-state index < -0.39 is 0 Å². The summed E-state index contributed by atoms with van der Waals surface area (Å²) in [5.74, 6) is 0.334. The number of hydrogen-bond acceptors (Lipinski definition) is 4. The van der Waals surface area contributed by atoms with Gasteiger partial charge in [-0.1, -0.05) is 20.8 Å². The molecule has 0 fully saturated rings. The number of aliphatic imine (C=N–C) groups is 1. The van der Waals surface area contributed by atoms with Crippen molar-refractivity contribution in [2.45, 2.75) is 27.7 Å². The minimum absolute atomic E-state index is 0.186. The molecule has 0 amide bonds. The van der Waals surface area contributed by atoms with Gasteiger partial charge >= 0.3 is 5.97 Å². The van der Waals surface area contributed by atoms with Crippen LogP contribution in [0.4, 0.5) is 0 Å². The fourth-order valence-corrected chi connectivity index (χ4v) is 1.16. The Morgan fingerprint density at radius 2 is 2.07 bits per heavy atom. The lowest BCUT2D eigenvalue weighted by atomic mass is 9.95. The van der Waals surface area contributed by atoms with E-state index in [1.807, 2.05) is 20.8 Å². The minimum Gasteiger partial charge on any atom is -0.336 e. The number of carbonyl (C=O) groups excluding carboxylic acids is 1. The molecule has 82 valence electrons. The molecule has 0 unspecified atom stereocenters. The van der Waals surface area contributed by atoms with Crippen LogP contribution < -0.4 is 0 Å². The van der Waals surface area contributed by atoms with Crippen LogP contribution >= 0.6 is 0 Å². The Balaban J connectivity index is 2.96. The van der Waals surface area contributed by atoms with Crippen LogP contribution in [0, 0.1) is 5.41 Å². The minimum atomic E-state index is -0.362. The Labute approximate surface area is 89.9 Å². The molecule has 1 aliphatic heterocycles. The van der Waals surface area contributed by atoms with E-state index in [0.717, 1.165) is 0 Å². The highest BCUT2D eigenvalue weighted by atomic mass is 16.7. The van der Waals surface area contributed by atoms with Crippen LogP contribution in [-0.2, 0) is 9.63 Å². The molecule has 4 nitrogen and oxygen atoms in total. The molecule has 4 heteroatoms. The molecule has 0 aliphatic carbocycles. The average Bonchev–Trinajstić information content (AvgIpc) is 2.27. The molecule has 0 saturated carbocycles. The van der Waals surface area contributed by atoms with Gasteiger partial charge in [-0.25, -0.2) is 9.79 Å². The SMILES string of the molecule is CC(=O)ON1C=CC=CN=C1C(C)(C)C. The molecule has 0 aromatic rings. The summed E-state index contributed by atoms with van der Waals surface area (Å²) in [6, 6.07) is 0. The number of nitrogens with zero attached hydrogens (tertiary/aromatic N) is 2. The molecule has 15 heavy (non-hydrogen) atoms. The fraction of sp³-hybridized carbons (Fsp3) is 0.455. The molecule has 0 saturated heterocycles. The summed E-state index contributed by atoms with van der Waals surface area (Å²) in [5.41, 5.74) is -0.186. The maximum absolute atomic E-state index is 10.9. The summed E-state index contributed by atoms with van der Waals surface area (Å²) in [6.45, 7) is 7.40. The first-order chi connectivity index (χ1) is 6.91. The van der Waals surface area contributed by atoms with Crippen LogP contribution in [0.2, 0.25) is 0 Å². The van der Waals surface area contributed by atoms with Crippen LogP contribution in [0.25, 0.3) is 0 Å². The molecule has 0 aromatic carbocycles. The standard InChI is InChI=1S/C11H16N2O2/c1-9(14)15-13-8-6-5-7-12-10(13)11(2,3)4/h5-8H,1-4H3. The smallest absolute Gasteiger partial charge is 0.329 e. The molecule has 1 heterocycles. The van der Waals surface area contributed by atoms with E-state index in [4.69, 9.17) is 4.84 Å². The van der Waals surface area contributed by atoms with Gasteiger partial charge in [0.25, 0.3) is 0 Å². The van der Waals surface area contributed by atoms with Crippen molar-refractivity contribution in [3.8, 4) is 0 Å². The highest BCUT2D eigenvalue weighted by molar-refractivity contribution is 5.89. The number of rotatable bonds is 1. The molecule has 0 N–H and O–H groups in total. The van der Waals surface area contributed by atoms with Crippen LogP contribution in [0.1, 0.15) is 27.7 Å². The molecular weight excluding hydrogens is 192 g/mol. The van der Waals surface area contributed by atoms with Gasteiger partial charge in [0.15, 0.2) is 5.84 Å². The third kappa shape index (κ3) is 3.23. The molecule has 0 radical (unpaired) electrons. The summed E-state index contributed by atoms with van der Waals surface area (Å²) in [7, 11) is 0. The molecule has 0 bridgehead atoms. The van der Waals surface area contributed by atoms with Gasteiger partial charge in [-0.3, -0.25) is 0 Å². The summed E-state index contributed by atoms with van der Waals surface area (Å²) in [6.07, 6.45) is 6.91. The van der Waals surface area contributed by atoms with Crippen molar-refractivity contribution in [2.75, 3.05) is 0 Å². The van der Waals surface area contributed by atoms with Crippen molar-refractivity contribution in [3.63, 3.8) is 0 Å². The second-order valence-electron chi connectivity index (χ2n) is 4.29. The Morgan fingerprint density at radius 1 is 1.40 bits per heavy atom. The summed E-state index contributed by atoms with van der Waals surface area (Å²) in [5, 5.41) is 1.41. The normalized spacial score (nSPS) is 16.0. The second kappa shape index (κ2) is 4.29. The lowest BCUT2D eigenvalue weighted by Gasteiger charge is -2.28. The van der Waals surface area contributed by atoms with E-state index in [9.17, 15) is 4.79 Å². The molecule has 1 rings (SSSR count). The Morgan fingerprint density at radius 3 is 2.60 bits per heavy atom. The van der Waals surface area contributed by atoms with E-state index >= 15 is 0 Å². The topological polar surface area (TPSA) is 41.9 Å². The van der Waals surface area contributed by atoms with Gasteiger partial charge in [0, 0.05) is 24.7 Å². The summed E-state index contributed by atoms with van der Waals surface area (Å²) < 4.78 is 0. The van der Waals surface area contributed by atoms with Gasteiger partial charge in [0.1, 0.15) is 0 Å². The molecule has 0 aromatic heterocycles. The predicted octanol–water partition coefficient (Wildman–Crippen LogP) is 2.25. The van der Waals surface area contributed by atoms with Crippen LogP contribution in [0.15, 0.2) is 29.5 Å². The highest BCUT2D eigenvalue weighted by Crippen LogP contribution is 2.21. The van der Waals surface area contributed by atoms with Crippen molar-refractivity contribution >= 4 is 11.8 Å². The molecule has 0 atom stereocenters. The van der Waals surface area contributed by atoms with Gasteiger partial charge in [0.05, 0.1) is 0 Å². The monoisotopic (exact) mass is 208 g/mol. The van der Waals surface area contributed by atoms with E-state index in [1.165, 1.54) is 12.0 Å². The van der Waals surface area contributed by atoms with Crippen molar-refractivity contribution in [3.05, 3.63) is 24.6 Å². The Kier molecular flexibility index (Phi) is 3.29. The Hall–Kier alpha value is -1.58. The van der Waals surface area contributed by atoms with E-state index in [-0.39, 0.29) is 11.4 Å². The zero-order chi connectivity index (χ0) is 11.5. The van der Waals surface area contributed by atoms with Crippen molar-refractivity contribution < 1.29 is 9.63 Å². The first-order valence-corrected chi connectivity index (χ1v) is 4.80. The van der Waals surface area contributed by atoms with Crippen LogP contribution in [-0.4, -0.2) is 16.9 Å². The lowest BCUT2D eigenvalue weighted by Crippen LogP contribution is -2.37. The Bertz CT molecular complexity index is 335. The quantitative estimate of drug-likeness (QED) is 0.663. The highest BCUT2D eigenvalue weighted by Gasteiger charge is 2.26. The maximum atomic E-state index is 10.9. The molecule has 0 spiro atoms. The maximum Gasteiger partial charge on any atom is 0.329 e. The van der Waals surface area contributed by atoms with Crippen molar-refractivity contribution in [1.29, 1.82) is 0 Å². The zero-order valence-corrected chi connectivity index (χ0v) is 9.52. The first kappa shape index (κ1) is 11.5. The largest absolute Gasteiger partial charge is 0.336 e. The first-order valence-electron chi connectivity index (χ1n) is 4.80. The van der Waals surface area contributed by atoms with E-state index in [0.29, 0.717) is 5.84 Å². The third-order valence-corrected chi connectivity index (χ3v) is 1.72. The lowest BCUT2D eigenvalue weighted by molar-refractivity contribution is -0.163. The van der Waals surface area contributed by atoms with Gasteiger partial charge in [-0.15, -0.1) is 0 Å². The fourth-order valence-electron chi connectivity index (χ4n) is 1.16. The van der Waals surface area contributed by atoms with Crippen molar-refractivity contribution in [2.24, 2.45) is 10.4 Å². The van der Waals surface area contributed by atoms with Crippen molar-refractivity contribution in [1.82, 2.24) is 5.06 Å². The molecular formula is C11H16N2O2. The summed E-state index contributed by atoms with van der Waals surface area (Å²) >= 11 is 0. The number of allylic oxidation sites excluding steroid dienone is 2. The van der Waals surface area contributed by atoms with E-state index in [2.05, 4.69) is 4.99 Å². The third-order valence-electron chi connectivity index (χ3n) is 1.72. The van der Waals surface area contributed by atoms with Crippen LogP contribution in [0.5, 0.6) is 0 Å². The van der Waals surface area contributed by atoms with Gasteiger partial charge in [-0.05, 0) is 12.2 Å². The molecule has 1 aliphatic rings. The zero-order valence-electron chi connectivity index (χ0n) is 9.52. The predicted molar refractivity (Wildman–Crippen MR) is 58.8 cm³/mol. The van der Waals surface area contributed by atoms with Gasteiger partial charge in [0.2, 0.25) is 0 Å². The number of hydroxylamine groups is 2. The van der Waals surface area contributed by atoms with Gasteiger partial charge < -0.3 is 4.84 Å². The summed E-state index contributed by atoms with van der Waals surface area (Å²) in [4.78, 5) is 20.2. The number of amidine groups is 1. The number of carbonyl (C=O) groups is 1. The van der Waals surface area contributed by atoms with Crippen LogP contribution in [0.3, 0.4) is 0 Å². The van der Waals surface area contributed by atoms with Gasteiger partial charge in [-0.2, -0.15) is 5.06 Å². The second-order valence-corrected chi connectivity index (χ2v) is 4.29. The number of hydrogen-bond donors (Lipinski definition) is 0. The van der Waals surface area contributed by atoms with E-state index in [1.54, 1.807) is 24.6 Å².